The first-order chi connectivity index (χ1) is 11.2. The zero-order chi connectivity index (χ0) is 15.9. The number of imidazole rings is 1. The van der Waals surface area contributed by atoms with E-state index >= 15 is 0 Å². The Morgan fingerprint density at radius 1 is 1.13 bits per heavy atom. The number of rotatable bonds is 4. The van der Waals surface area contributed by atoms with Crippen molar-refractivity contribution in [3.63, 3.8) is 0 Å². The fourth-order valence-electron chi connectivity index (χ4n) is 2.98. The van der Waals surface area contributed by atoms with Crippen molar-refractivity contribution in [2.75, 3.05) is 0 Å². The SMILES string of the molecule is Clc1ccc(CC2(c3ccccc3)OC2n2ccnc2)c(Cl)c1. The second-order valence-corrected chi connectivity index (χ2v) is 6.49. The number of halogens is 2. The van der Waals surface area contributed by atoms with Crippen LogP contribution in [0.4, 0.5) is 0 Å². The summed E-state index contributed by atoms with van der Waals surface area (Å²) in [5.74, 6) is 0. The summed E-state index contributed by atoms with van der Waals surface area (Å²) in [6.07, 6.45) is 6.04. The van der Waals surface area contributed by atoms with Gasteiger partial charge in [-0.1, -0.05) is 59.6 Å². The highest BCUT2D eigenvalue weighted by atomic mass is 35.5. The number of benzene rings is 2. The van der Waals surface area contributed by atoms with Crippen molar-refractivity contribution in [1.82, 2.24) is 9.55 Å². The van der Waals surface area contributed by atoms with Gasteiger partial charge >= 0.3 is 0 Å². The maximum Gasteiger partial charge on any atom is 0.170 e. The Labute approximate surface area is 144 Å². The monoisotopic (exact) mass is 344 g/mol. The smallest absolute Gasteiger partial charge is 0.170 e. The van der Waals surface area contributed by atoms with Gasteiger partial charge in [-0.2, -0.15) is 0 Å². The Hall–Kier alpha value is -1.81. The normalized spacial score (nSPS) is 23.0. The van der Waals surface area contributed by atoms with Gasteiger partial charge in [-0.25, -0.2) is 4.98 Å². The molecule has 3 nitrogen and oxygen atoms in total. The van der Waals surface area contributed by atoms with Crippen LogP contribution in [0.5, 0.6) is 0 Å². The molecule has 0 amide bonds. The average molecular weight is 345 g/mol. The highest BCUT2D eigenvalue weighted by Gasteiger charge is 2.59. The number of aromatic nitrogens is 2. The van der Waals surface area contributed by atoms with Crippen LogP contribution in [0.3, 0.4) is 0 Å². The molecule has 0 bridgehead atoms. The predicted molar refractivity (Wildman–Crippen MR) is 90.6 cm³/mol. The number of hydrogen-bond acceptors (Lipinski definition) is 2. The van der Waals surface area contributed by atoms with Gasteiger partial charge in [0.25, 0.3) is 0 Å². The van der Waals surface area contributed by atoms with Crippen molar-refractivity contribution in [2.24, 2.45) is 0 Å². The van der Waals surface area contributed by atoms with E-state index in [1.54, 1.807) is 18.6 Å². The lowest BCUT2D eigenvalue weighted by Gasteiger charge is -2.15. The van der Waals surface area contributed by atoms with Crippen molar-refractivity contribution < 1.29 is 4.74 Å². The molecule has 1 fully saturated rings. The Morgan fingerprint density at radius 3 is 2.65 bits per heavy atom. The standard InChI is InChI=1S/C18H14Cl2N2O/c19-15-7-6-13(16(20)10-15)11-18(14-4-2-1-3-5-14)17(23-18)22-9-8-21-12-22/h1-10,12,17H,11H2. The molecule has 0 spiro atoms. The lowest BCUT2D eigenvalue weighted by Crippen LogP contribution is -2.16. The molecule has 0 aliphatic carbocycles. The second-order valence-electron chi connectivity index (χ2n) is 5.65. The fourth-order valence-corrected chi connectivity index (χ4v) is 3.46. The Balaban J connectivity index is 1.73. The molecule has 1 aliphatic heterocycles. The van der Waals surface area contributed by atoms with Gasteiger partial charge in [0.15, 0.2) is 6.23 Å². The summed E-state index contributed by atoms with van der Waals surface area (Å²) in [6.45, 7) is 0. The maximum atomic E-state index is 6.36. The van der Waals surface area contributed by atoms with E-state index in [0.717, 1.165) is 11.1 Å². The molecule has 2 aromatic carbocycles. The minimum atomic E-state index is -0.431. The van der Waals surface area contributed by atoms with Crippen molar-refractivity contribution in [1.29, 1.82) is 0 Å². The lowest BCUT2D eigenvalue weighted by atomic mass is 9.91. The van der Waals surface area contributed by atoms with Crippen LogP contribution >= 0.6 is 23.2 Å². The second kappa shape index (κ2) is 5.68. The summed E-state index contributed by atoms with van der Waals surface area (Å²) in [4.78, 5) is 4.12. The van der Waals surface area contributed by atoms with Crippen LogP contribution in [0.25, 0.3) is 0 Å². The van der Waals surface area contributed by atoms with E-state index in [9.17, 15) is 0 Å². The zero-order valence-corrected chi connectivity index (χ0v) is 13.7. The van der Waals surface area contributed by atoms with Crippen LogP contribution in [-0.4, -0.2) is 9.55 Å². The molecule has 23 heavy (non-hydrogen) atoms. The lowest BCUT2D eigenvalue weighted by molar-refractivity contribution is 0.279. The Morgan fingerprint density at radius 2 is 1.96 bits per heavy atom. The van der Waals surface area contributed by atoms with Gasteiger partial charge in [0.2, 0.25) is 0 Å². The van der Waals surface area contributed by atoms with E-state index < -0.39 is 5.60 Å². The highest BCUT2D eigenvalue weighted by molar-refractivity contribution is 6.35. The van der Waals surface area contributed by atoms with Gasteiger partial charge in [0.05, 0.1) is 6.33 Å². The zero-order valence-electron chi connectivity index (χ0n) is 12.2. The van der Waals surface area contributed by atoms with Crippen molar-refractivity contribution in [2.45, 2.75) is 18.2 Å². The van der Waals surface area contributed by atoms with E-state index in [1.165, 1.54) is 0 Å². The summed E-state index contributed by atoms with van der Waals surface area (Å²) >= 11 is 12.4. The predicted octanol–water partition coefficient (Wildman–Crippen LogP) is 4.86. The first-order valence-electron chi connectivity index (χ1n) is 7.34. The Bertz CT molecular complexity index is 820. The molecular formula is C18H14Cl2N2O. The van der Waals surface area contributed by atoms with Gasteiger partial charge in [0.1, 0.15) is 5.60 Å². The summed E-state index contributed by atoms with van der Waals surface area (Å²) in [5, 5.41) is 1.29. The summed E-state index contributed by atoms with van der Waals surface area (Å²) in [6, 6.07) is 15.8. The molecule has 2 atom stereocenters. The third-order valence-electron chi connectivity index (χ3n) is 4.19. The van der Waals surface area contributed by atoms with Crippen LogP contribution in [-0.2, 0) is 16.8 Å². The quantitative estimate of drug-likeness (QED) is 0.633. The highest BCUT2D eigenvalue weighted by Crippen LogP contribution is 2.56. The maximum absolute atomic E-state index is 6.36. The number of hydrogen-bond donors (Lipinski definition) is 0. The van der Waals surface area contributed by atoms with Gasteiger partial charge in [-0.05, 0) is 23.3 Å². The van der Waals surface area contributed by atoms with Gasteiger partial charge in [-0.3, -0.25) is 0 Å². The molecule has 0 saturated carbocycles. The van der Waals surface area contributed by atoms with E-state index in [0.29, 0.717) is 16.5 Å². The number of epoxide rings is 1. The van der Waals surface area contributed by atoms with E-state index in [-0.39, 0.29) is 6.23 Å². The number of ether oxygens (including phenoxy) is 1. The summed E-state index contributed by atoms with van der Waals surface area (Å²) < 4.78 is 8.14. The van der Waals surface area contributed by atoms with Crippen LogP contribution in [0.15, 0.2) is 67.3 Å². The third-order valence-corrected chi connectivity index (χ3v) is 4.78. The molecule has 1 aromatic heterocycles. The molecule has 1 aliphatic rings. The van der Waals surface area contributed by atoms with E-state index in [1.807, 2.05) is 41.1 Å². The molecule has 5 heteroatoms. The van der Waals surface area contributed by atoms with Crippen LogP contribution in [0.1, 0.15) is 17.4 Å². The first kappa shape index (κ1) is 14.8. The van der Waals surface area contributed by atoms with E-state index in [4.69, 9.17) is 27.9 Å². The van der Waals surface area contributed by atoms with Crippen molar-refractivity contribution in [3.05, 3.63) is 88.4 Å². The van der Waals surface area contributed by atoms with Gasteiger partial charge in [0, 0.05) is 28.9 Å². The third kappa shape index (κ3) is 2.65. The van der Waals surface area contributed by atoms with Crippen LogP contribution in [0, 0.1) is 0 Å². The van der Waals surface area contributed by atoms with Gasteiger partial charge < -0.3 is 9.30 Å². The molecule has 0 radical (unpaired) electrons. The largest absolute Gasteiger partial charge is 0.338 e. The van der Waals surface area contributed by atoms with E-state index in [2.05, 4.69) is 17.1 Å². The fraction of sp³-hybridized carbons (Fsp3) is 0.167. The summed E-state index contributed by atoms with van der Waals surface area (Å²) in [7, 11) is 0. The molecule has 116 valence electrons. The Kier molecular flexibility index (Phi) is 3.64. The van der Waals surface area contributed by atoms with Crippen LogP contribution in [0.2, 0.25) is 10.0 Å². The van der Waals surface area contributed by atoms with Crippen molar-refractivity contribution >= 4 is 23.2 Å². The number of nitrogens with zero attached hydrogens (tertiary/aromatic N) is 2. The molecule has 4 rings (SSSR count). The molecule has 2 unspecified atom stereocenters. The minimum absolute atomic E-state index is 0.0841. The minimum Gasteiger partial charge on any atom is -0.338 e. The molecule has 1 saturated heterocycles. The van der Waals surface area contributed by atoms with Crippen molar-refractivity contribution in [3.8, 4) is 0 Å². The topological polar surface area (TPSA) is 30.4 Å². The summed E-state index contributed by atoms with van der Waals surface area (Å²) in [5.41, 5.74) is 1.71. The molecule has 3 aromatic rings. The molecule has 2 heterocycles. The first-order valence-corrected chi connectivity index (χ1v) is 8.09. The van der Waals surface area contributed by atoms with Gasteiger partial charge in [-0.15, -0.1) is 0 Å². The molecule has 0 N–H and O–H groups in total. The average Bonchev–Trinajstić information content (AvgIpc) is 3.03. The molecular weight excluding hydrogens is 331 g/mol. The van der Waals surface area contributed by atoms with Crippen LogP contribution < -0.4 is 0 Å².